The summed E-state index contributed by atoms with van der Waals surface area (Å²) in [6.45, 7) is 4.13. The van der Waals surface area contributed by atoms with Crippen molar-refractivity contribution in [2.75, 3.05) is 21.3 Å². The summed E-state index contributed by atoms with van der Waals surface area (Å²) in [5, 5.41) is 10.2. The topological polar surface area (TPSA) is 118 Å². The number of hydrogen-bond acceptors (Lipinski definition) is 9. The largest absolute Gasteiger partial charge is 0.505 e. The van der Waals surface area contributed by atoms with Crippen molar-refractivity contribution >= 4 is 41.1 Å². The van der Waals surface area contributed by atoms with Crippen molar-refractivity contribution in [3.05, 3.63) is 38.4 Å². The van der Waals surface area contributed by atoms with Crippen LogP contribution in [0.15, 0.2) is 6.07 Å². The van der Waals surface area contributed by atoms with Crippen molar-refractivity contribution < 1.29 is 43.2 Å². The maximum absolute atomic E-state index is 12.4. The number of phenolic OH excluding ortho intramolecular Hbond substituents is 1. The second-order valence-corrected chi connectivity index (χ2v) is 7.15. The Bertz CT molecular complexity index is 1110. The summed E-state index contributed by atoms with van der Waals surface area (Å²) in [6.07, 6.45) is 0. The molecule has 0 spiro atoms. The van der Waals surface area contributed by atoms with E-state index in [0.717, 1.165) is 14.0 Å². The van der Waals surface area contributed by atoms with Crippen LogP contribution in [0.5, 0.6) is 28.7 Å². The van der Waals surface area contributed by atoms with Crippen LogP contribution >= 0.6 is 23.2 Å². The zero-order valence-corrected chi connectivity index (χ0v) is 19.6. The van der Waals surface area contributed by atoms with Crippen molar-refractivity contribution in [2.24, 2.45) is 0 Å². The number of halogens is 2. The normalized spacial score (nSPS) is 10.4. The summed E-state index contributed by atoms with van der Waals surface area (Å²) in [6, 6.07) is 1.24. The summed E-state index contributed by atoms with van der Waals surface area (Å²) < 4.78 is 25.8. The van der Waals surface area contributed by atoms with Crippen LogP contribution in [0.25, 0.3) is 0 Å². The molecular weight excluding hydrogens is 467 g/mol. The number of carbonyl (C=O) groups excluding carboxylic acids is 3. The molecule has 0 saturated heterocycles. The van der Waals surface area contributed by atoms with Gasteiger partial charge in [0.05, 0.1) is 31.4 Å². The van der Waals surface area contributed by atoms with Gasteiger partial charge in [-0.1, -0.05) is 23.2 Å². The minimum Gasteiger partial charge on any atom is -0.505 e. The first-order valence-electron chi connectivity index (χ1n) is 8.94. The van der Waals surface area contributed by atoms with Crippen LogP contribution in [0.4, 0.5) is 0 Å². The van der Waals surface area contributed by atoms with E-state index in [1.165, 1.54) is 34.1 Å². The number of esters is 3. The molecule has 2 aromatic rings. The van der Waals surface area contributed by atoms with E-state index in [-0.39, 0.29) is 49.7 Å². The minimum absolute atomic E-state index is 0.0217. The fraction of sp³-hybridized carbons (Fsp3) is 0.286. The monoisotopic (exact) mass is 486 g/mol. The molecule has 2 aromatic carbocycles. The number of carbonyl (C=O) groups is 3. The third-order valence-electron chi connectivity index (χ3n) is 4.43. The lowest BCUT2D eigenvalue weighted by molar-refractivity contribution is -0.132. The molecule has 0 aliphatic heterocycles. The standard InChI is InChI=1S/C21H20Cl2O9/c1-8-13(20(26)29-5)11(28-4)7-12(31-10(3)24)18(8)32-19-14(21(27)30-6)17(25)15(22)9(2)16(19)23/h7,25H,1-6H3. The molecule has 0 aliphatic carbocycles. The van der Waals surface area contributed by atoms with Gasteiger partial charge in [0, 0.05) is 18.6 Å². The van der Waals surface area contributed by atoms with Gasteiger partial charge in [-0.15, -0.1) is 0 Å². The maximum atomic E-state index is 12.4. The smallest absolute Gasteiger partial charge is 0.345 e. The molecule has 0 aliphatic rings. The molecule has 172 valence electrons. The van der Waals surface area contributed by atoms with Gasteiger partial charge in [-0.2, -0.15) is 0 Å². The second-order valence-electron chi connectivity index (χ2n) is 6.39. The van der Waals surface area contributed by atoms with Crippen LogP contribution in [0.2, 0.25) is 10.0 Å². The average molecular weight is 487 g/mol. The predicted octanol–water partition coefficient (Wildman–Crippen LogP) is 4.62. The van der Waals surface area contributed by atoms with Crippen LogP contribution in [0.1, 0.15) is 38.8 Å². The highest BCUT2D eigenvalue weighted by Gasteiger charge is 2.31. The van der Waals surface area contributed by atoms with Gasteiger partial charge in [-0.05, 0) is 19.4 Å². The second kappa shape index (κ2) is 9.97. The lowest BCUT2D eigenvalue weighted by Gasteiger charge is -2.21. The molecule has 0 fully saturated rings. The van der Waals surface area contributed by atoms with E-state index in [4.69, 9.17) is 46.9 Å². The number of benzene rings is 2. The van der Waals surface area contributed by atoms with Gasteiger partial charge in [0.2, 0.25) is 0 Å². The first kappa shape index (κ1) is 25.1. The van der Waals surface area contributed by atoms with Crippen LogP contribution in [0, 0.1) is 13.8 Å². The quantitative estimate of drug-likeness (QED) is 0.460. The Morgan fingerprint density at radius 2 is 1.41 bits per heavy atom. The Morgan fingerprint density at radius 1 is 0.844 bits per heavy atom. The highest BCUT2D eigenvalue weighted by molar-refractivity contribution is 6.38. The predicted molar refractivity (Wildman–Crippen MR) is 115 cm³/mol. The molecule has 0 amide bonds. The van der Waals surface area contributed by atoms with Crippen molar-refractivity contribution in [3.8, 4) is 28.7 Å². The fourth-order valence-electron chi connectivity index (χ4n) is 2.87. The number of aromatic hydroxyl groups is 1. The number of rotatable bonds is 6. The first-order valence-corrected chi connectivity index (χ1v) is 9.70. The molecule has 0 aromatic heterocycles. The SMILES string of the molecule is COC(=O)c1c(OC)cc(OC(C)=O)c(Oc2c(Cl)c(C)c(Cl)c(O)c2C(=O)OC)c1C. The first-order chi connectivity index (χ1) is 15.0. The van der Waals surface area contributed by atoms with Gasteiger partial charge >= 0.3 is 17.9 Å². The number of ether oxygens (including phenoxy) is 5. The number of methoxy groups -OCH3 is 3. The Balaban J connectivity index is 2.91. The van der Waals surface area contributed by atoms with Crippen molar-refractivity contribution in [1.82, 2.24) is 0 Å². The third-order valence-corrected chi connectivity index (χ3v) is 5.35. The summed E-state index contributed by atoms with van der Waals surface area (Å²) in [5.74, 6) is -3.64. The Hall–Kier alpha value is -3.17. The lowest BCUT2D eigenvalue weighted by Crippen LogP contribution is -2.12. The van der Waals surface area contributed by atoms with Gasteiger partial charge in [0.25, 0.3) is 0 Å². The van der Waals surface area contributed by atoms with Crippen LogP contribution in [0.3, 0.4) is 0 Å². The van der Waals surface area contributed by atoms with E-state index in [1.54, 1.807) is 0 Å². The summed E-state index contributed by atoms with van der Waals surface area (Å²) in [5.41, 5.74) is -0.128. The van der Waals surface area contributed by atoms with E-state index in [2.05, 4.69) is 0 Å². The van der Waals surface area contributed by atoms with E-state index >= 15 is 0 Å². The van der Waals surface area contributed by atoms with Crippen LogP contribution < -0.4 is 14.2 Å². The molecule has 0 unspecified atom stereocenters. The molecule has 9 nitrogen and oxygen atoms in total. The summed E-state index contributed by atoms with van der Waals surface area (Å²) in [4.78, 5) is 36.4. The van der Waals surface area contributed by atoms with E-state index < -0.39 is 29.2 Å². The van der Waals surface area contributed by atoms with Crippen LogP contribution in [-0.4, -0.2) is 44.3 Å². The molecular formula is C21H20Cl2O9. The Labute approximate surface area is 193 Å². The zero-order valence-electron chi connectivity index (χ0n) is 18.0. The zero-order chi connectivity index (χ0) is 24.3. The molecule has 32 heavy (non-hydrogen) atoms. The molecule has 0 saturated carbocycles. The molecule has 0 bridgehead atoms. The summed E-state index contributed by atoms with van der Waals surface area (Å²) >= 11 is 12.4. The summed E-state index contributed by atoms with van der Waals surface area (Å²) in [7, 11) is 3.58. The van der Waals surface area contributed by atoms with E-state index in [9.17, 15) is 19.5 Å². The fourth-order valence-corrected chi connectivity index (χ4v) is 3.34. The Kier molecular flexibility index (Phi) is 7.82. The number of hydrogen-bond donors (Lipinski definition) is 1. The van der Waals surface area contributed by atoms with Crippen molar-refractivity contribution in [2.45, 2.75) is 20.8 Å². The van der Waals surface area contributed by atoms with Gasteiger partial charge < -0.3 is 28.8 Å². The molecule has 0 radical (unpaired) electrons. The van der Waals surface area contributed by atoms with Crippen molar-refractivity contribution in [3.63, 3.8) is 0 Å². The maximum Gasteiger partial charge on any atom is 0.345 e. The molecule has 0 atom stereocenters. The third kappa shape index (κ3) is 4.53. The molecule has 2 rings (SSSR count). The molecule has 11 heteroatoms. The molecule has 1 N–H and O–H groups in total. The lowest BCUT2D eigenvalue weighted by atomic mass is 10.0. The van der Waals surface area contributed by atoms with Gasteiger partial charge in [0.1, 0.15) is 16.9 Å². The van der Waals surface area contributed by atoms with Gasteiger partial charge in [-0.25, -0.2) is 9.59 Å². The number of phenols is 1. The molecule has 0 heterocycles. The van der Waals surface area contributed by atoms with E-state index in [1.807, 2.05) is 0 Å². The highest BCUT2D eigenvalue weighted by Crippen LogP contribution is 2.49. The average Bonchev–Trinajstić information content (AvgIpc) is 2.76. The van der Waals surface area contributed by atoms with Gasteiger partial charge in [0.15, 0.2) is 23.0 Å². The Morgan fingerprint density at radius 3 is 1.91 bits per heavy atom. The minimum atomic E-state index is -0.991. The van der Waals surface area contributed by atoms with Crippen molar-refractivity contribution in [1.29, 1.82) is 0 Å². The highest BCUT2D eigenvalue weighted by atomic mass is 35.5. The van der Waals surface area contributed by atoms with Gasteiger partial charge in [-0.3, -0.25) is 4.79 Å². The van der Waals surface area contributed by atoms with E-state index in [0.29, 0.717) is 0 Å². The van der Waals surface area contributed by atoms with Crippen LogP contribution in [-0.2, 0) is 14.3 Å².